The number of aliphatic carboxylic acids is 1. The Morgan fingerprint density at radius 2 is 1.95 bits per heavy atom. The van der Waals surface area contributed by atoms with Crippen LogP contribution in [0.2, 0.25) is 0 Å². The maximum absolute atomic E-state index is 11.5. The van der Waals surface area contributed by atoms with Crippen molar-refractivity contribution in [2.75, 3.05) is 27.2 Å². The summed E-state index contributed by atoms with van der Waals surface area (Å²) in [5.74, 6) is -1.32. The molecule has 8 nitrogen and oxygen atoms in total. The number of amides is 1. The lowest BCUT2D eigenvalue weighted by Gasteiger charge is -2.16. The highest BCUT2D eigenvalue weighted by atomic mass is 16.4. The van der Waals surface area contributed by atoms with Crippen LogP contribution in [0, 0.1) is 0 Å². The van der Waals surface area contributed by atoms with Crippen molar-refractivity contribution in [3.8, 4) is 0 Å². The van der Waals surface area contributed by atoms with Crippen LogP contribution in [-0.2, 0) is 9.59 Å². The van der Waals surface area contributed by atoms with E-state index in [2.05, 4.69) is 10.3 Å². The van der Waals surface area contributed by atoms with E-state index in [0.717, 1.165) is 0 Å². The van der Waals surface area contributed by atoms with Crippen LogP contribution in [0.25, 0.3) is 0 Å². The van der Waals surface area contributed by atoms with E-state index >= 15 is 0 Å². The number of unbranched alkanes of at least 4 members (excludes halogenated alkanes) is 1. The predicted molar refractivity (Wildman–Crippen MR) is 72.6 cm³/mol. The zero-order chi connectivity index (χ0) is 14.8. The molecule has 0 spiro atoms. The van der Waals surface area contributed by atoms with Crippen LogP contribution in [0.1, 0.15) is 19.3 Å². The summed E-state index contributed by atoms with van der Waals surface area (Å²) in [6.07, 6.45) is 1.65. The molecule has 0 saturated carbocycles. The van der Waals surface area contributed by atoms with Gasteiger partial charge in [-0.3, -0.25) is 9.79 Å². The second kappa shape index (κ2) is 9.15. The molecule has 1 atom stereocenters. The summed E-state index contributed by atoms with van der Waals surface area (Å²) < 4.78 is 0. The van der Waals surface area contributed by atoms with Crippen molar-refractivity contribution in [2.24, 2.45) is 16.5 Å². The molecule has 0 radical (unpaired) electrons. The van der Waals surface area contributed by atoms with Crippen molar-refractivity contribution < 1.29 is 14.7 Å². The maximum Gasteiger partial charge on any atom is 0.326 e. The summed E-state index contributed by atoms with van der Waals surface area (Å²) in [4.78, 5) is 27.9. The third-order valence-corrected chi connectivity index (χ3v) is 2.29. The molecule has 0 aliphatic carbocycles. The van der Waals surface area contributed by atoms with Gasteiger partial charge >= 0.3 is 5.97 Å². The number of nitrogens with two attached hydrogens (primary N) is 2. The normalized spacial score (nSPS) is 11.9. The Kier molecular flexibility index (Phi) is 8.27. The molecule has 1 amide bonds. The monoisotopic (exact) mass is 273 g/mol. The Morgan fingerprint density at radius 3 is 2.42 bits per heavy atom. The minimum atomic E-state index is -1.03. The van der Waals surface area contributed by atoms with Gasteiger partial charge in [0.2, 0.25) is 5.91 Å². The Balaban J connectivity index is 4.03. The number of nitrogens with zero attached hydrogens (tertiary/aromatic N) is 2. The van der Waals surface area contributed by atoms with E-state index in [-0.39, 0.29) is 18.4 Å². The summed E-state index contributed by atoms with van der Waals surface area (Å²) in [5, 5.41) is 11.5. The van der Waals surface area contributed by atoms with Gasteiger partial charge in [0.1, 0.15) is 6.04 Å². The van der Waals surface area contributed by atoms with Crippen LogP contribution in [-0.4, -0.2) is 61.1 Å². The predicted octanol–water partition coefficient (Wildman–Crippen LogP) is -1.44. The lowest BCUT2D eigenvalue weighted by molar-refractivity contribution is -0.142. The molecule has 0 fully saturated rings. The molecular formula is C11H23N5O3. The van der Waals surface area contributed by atoms with Gasteiger partial charge in [0.25, 0.3) is 0 Å². The number of carboxylic acids is 1. The highest BCUT2D eigenvalue weighted by Crippen LogP contribution is 2.02. The molecule has 1 unspecified atom stereocenters. The number of carbonyl (C=O) groups excluding carboxylic acids is 1. The number of carboxylic acid groups (broad SMARTS) is 1. The van der Waals surface area contributed by atoms with Gasteiger partial charge in [-0.05, 0) is 33.4 Å². The Labute approximate surface area is 112 Å². The van der Waals surface area contributed by atoms with Gasteiger partial charge in [-0.15, -0.1) is 0 Å². The maximum atomic E-state index is 11.5. The van der Waals surface area contributed by atoms with E-state index in [1.807, 2.05) is 0 Å². The second-order valence-electron chi connectivity index (χ2n) is 4.50. The quantitative estimate of drug-likeness (QED) is 0.231. The molecule has 0 aromatic rings. The van der Waals surface area contributed by atoms with Crippen molar-refractivity contribution in [2.45, 2.75) is 25.3 Å². The minimum Gasteiger partial charge on any atom is -0.480 e. The van der Waals surface area contributed by atoms with E-state index < -0.39 is 12.0 Å². The Bertz CT molecular complexity index is 326. The van der Waals surface area contributed by atoms with Gasteiger partial charge in [0.05, 0.1) is 6.54 Å². The molecular weight excluding hydrogens is 250 g/mol. The lowest BCUT2D eigenvalue weighted by Crippen LogP contribution is -2.44. The zero-order valence-electron chi connectivity index (χ0n) is 11.4. The summed E-state index contributed by atoms with van der Waals surface area (Å²) in [7, 11) is 3.48. The highest BCUT2D eigenvalue weighted by Gasteiger charge is 2.19. The van der Waals surface area contributed by atoms with Crippen LogP contribution in [0.5, 0.6) is 0 Å². The van der Waals surface area contributed by atoms with Gasteiger partial charge in [-0.2, -0.15) is 0 Å². The van der Waals surface area contributed by atoms with Crippen molar-refractivity contribution in [1.82, 2.24) is 10.2 Å². The summed E-state index contributed by atoms with van der Waals surface area (Å²) in [6.45, 7) is 0.623. The van der Waals surface area contributed by atoms with Crippen molar-refractivity contribution in [1.29, 1.82) is 0 Å². The third-order valence-electron chi connectivity index (χ3n) is 2.29. The Hall–Kier alpha value is -1.83. The Morgan fingerprint density at radius 1 is 1.32 bits per heavy atom. The summed E-state index contributed by atoms with van der Waals surface area (Å²) in [5.41, 5.74) is 10.3. The summed E-state index contributed by atoms with van der Waals surface area (Å²) in [6, 6.07) is -0.869. The highest BCUT2D eigenvalue weighted by molar-refractivity contribution is 5.84. The van der Waals surface area contributed by atoms with E-state index in [1.54, 1.807) is 19.0 Å². The zero-order valence-corrected chi connectivity index (χ0v) is 11.4. The molecule has 0 aliphatic heterocycles. The van der Waals surface area contributed by atoms with Crippen LogP contribution in [0.15, 0.2) is 4.99 Å². The van der Waals surface area contributed by atoms with Crippen LogP contribution < -0.4 is 16.8 Å². The van der Waals surface area contributed by atoms with Gasteiger partial charge in [0.15, 0.2) is 5.96 Å². The standard InChI is InChI=1S/C11H23N5O3/c1-16(2)7-9(17)15-8(10(18)19)5-3-4-6-14-11(12)13/h8H,3-7H2,1-2H3,(H,15,17)(H,18,19)(H4,12,13,14). The molecule has 110 valence electrons. The third kappa shape index (κ3) is 9.83. The molecule has 0 aromatic heterocycles. The second-order valence-corrected chi connectivity index (χ2v) is 4.50. The molecule has 0 bridgehead atoms. The molecule has 0 heterocycles. The van der Waals surface area contributed by atoms with Crippen LogP contribution in [0.4, 0.5) is 0 Å². The van der Waals surface area contributed by atoms with Gasteiger partial charge < -0.3 is 26.8 Å². The van der Waals surface area contributed by atoms with Gasteiger partial charge in [0, 0.05) is 6.54 Å². The number of guanidine groups is 1. The first-order valence-corrected chi connectivity index (χ1v) is 6.05. The van der Waals surface area contributed by atoms with E-state index in [1.165, 1.54) is 0 Å². The lowest BCUT2D eigenvalue weighted by atomic mass is 10.1. The fourth-order valence-corrected chi connectivity index (χ4v) is 1.45. The van der Waals surface area contributed by atoms with E-state index in [4.69, 9.17) is 16.6 Å². The van der Waals surface area contributed by atoms with Crippen LogP contribution in [0.3, 0.4) is 0 Å². The molecule has 0 aliphatic rings. The number of nitrogens with one attached hydrogen (secondary N) is 1. The first-order chi connectivity index (χ1) is 8.82. The molecule has 0 saturated heterocycles. The van der Waals surface area contributed by atoms with Crippen molar-refractivity contribution in [3.63, 3.8) is 0 Å². The number of rotatable bonds is 9. The SMILES string of the molecule is CN(C)CC(=O)NC(CCCCN=C(N)N)C(=O)O. The molecule has 0 rings (SSSR count). The first kappa shape index (κ1) is 17.2. The molecule has 8 heteroatoms. The molecule has 0 aromatic carbocycles. The van der Waals surface area contributed by atoms with Gasteiger partial charge in [-0.25, -0.2) is 4.79 Å². The number of aliphatic imine (C=N–C) groups is 1. The van der Waals surface area contributed by atoms with Crippen LogP contribution >= 0.6 is 0 Å². The number of hydrogen-bond acceptors (Lipinski definition) is 4. The van der Waals surface area contributed by atoms with E-state index in [0.29, 0.717) is 25.8 Å². The van der Waals surface area contributed by atoms with Gasteiger partial charge in [-0.1, -0.05) is 0 Å². The van der Waals surface area contributed by atoms with Crippen molar-refractivity contribution >= 4 is 17.8 Å². The summed E-state index contributed by atoms with van der Waals surface area (Å²) >= 11 is 0. The fourth-order valence-electron chi connectivity index (χ4n) is 1.45. The smallest absolute Gasteiger partial charge is 0.326 e. The molecule has 6 N–H and O–H groups in total. The average Bonchev–Trinajstić information content (AvgIpc) is 2.25. The minimum absolute atomic E-state index is 0.0223. The number of carbonyl (C=O) groups is 2. The first-order valence-electron chi connectivity index (χ1n) is 6.05. The largest absolute Gasteiger partial charge is 0.480 e. The topological polar surface area (TPSA) is 134 Å². The van der Waals surface area contributed by atoms with Crippen molar-refractivity contribution in [3.05, 3.63) is 0 Å². The average molecular weight is 273 g/mol. The molecule has 19 heavy (non-hydrogen) atoms. The number of hydrogen-bond donors (Lipinski definition) is 4. The number of likely N-dealkylation sites (N-methyl/N-ethyl adjacent to an activating group) is 1. The van der Waals surface area contributed by atoms with E-state index in [9.17, 15) is 9.59 Å². The fraction of sp³-hybridized carbons (Fsp3) is 0.727.